The van der Waals surface area contributed by atoms with E-state index >= 15 is 0 Å². The van der Waals surface area contributed by atoms with Crippen LogP contribution in [-0.4, -0.2) is 8.80 Å². The first-order valence-electron chi connectivity index (χ1n) is 23.2. The summed E-state index contributed by atoms with van der Waals surface area (Å²) in [5.41, 5.74) is 15.6. The van der Waals surface area contributed by atoms with Crippen molar-refractivity contribution in [3.8, 4) is 22.3 Å². The summed E-state index contributed by atoms with van der Waals surface area (Å²) in [7, 11) is 0. The van der Waals surface area contributed by atoms with Crippen molar-refractivity contribution in [2.45, 2.75) is 52.4 Å². The standard InChI is InChI=1S/C62H44N2S2/c1-61(2,3)37-19-15-33(16-20-37)35-27-43-41-31-50-42(32-49(41)63-47-23-25-53-57(55(47)45(29-35)59(43)63)39-11-7-9-13-51(39)65-53)44-28-36(34-17-21-38(22-18-34)62(4,5)6)30-46-56-48(64(50)60(44)46)24-26-54-58(56)40-12-8-10-14-52(40)66-54/h7-32H,1-6H3. The Bertz CT molecular complexity index is 4260. The highest BCUT2D eigenvalue weighted by molar-refractivity contribution is 7.26. The number of aromatic nitrogens is 2. The Balaban J connectivity index is 1.11. The average molecular weight is 881 g/mol. The van der Waals surface area contributed by atoms with E-state index in [1.54, 1.807) is 0 Å². The molecule has 0 bridgehead atoms. The molecular weight excluding hydrogens is 837 g/mol. The lowest BCUT2D eigenvalue weighted by molar-refractivity contribution is 0.590. The highest BCUT2D eigenvalue weighted by Crippen LogP contribution is 2.51. The predicted octanol–water partition coefficient (Wildman–Crippen LogP) is 18.7. The highest BCUT2D eigenvalue weighted by Gasteiger charge is 2.27. The van der Waals surface area contributed by atoms with Crippen molar-refractivity contribution in [3.63, 3.8) is 0 Å². The number of benzene rings is 9. The summed E-state index contributed by atoms with van der Waals surface area (Å²) in [5, 5.41) is 16.0. The molecule has 0 amide bonds. The van der Waals surface area contributed by atoms with Crippen molar-refractivity contribution in [2.75, 3.05) is 0 Å². The van der Waals surface area contributed by atoms with E-state index in [2.05, 4.69) is 208 Å². The molecule has 6 heterocycles. The second kappa shape index (κ2) is 12.5. The van der Waals surface area contributed by atoms with Crippen LogP contribution in [0.15, 0.2) is 158 Å². The molecule has 66 heavy (non-hydrogen) atoms. The van der Waals surface area contributed by atoms with Gasteiger partial charge in [0.05, 0.1) is 33.1 Å². The first-order valence-corrected chi connectivity index (χ1v) is 24.9. The number of rotatable bonds is 2. The van der Waals surface area contributed by atoms with E-state index in [9.17, 15) is 0 Å². The maximum absolute atomic E-state index is 2.60. The fourth-order valence-electron chi connectivity index (χ4n) is 11.9. The Morgan fingerprint density at radius 1 is 0.303 bits per heavy atom. The lowest BCUT2D eigenvalue weighted by Gasteiger charge is -2.19. The average Bonchev–Trinajstić information content (AvgIpc) is 4.16. The molecule has 314 valence electrons. The van der Waals surface area contributed by atoms with E-state index < -0.39 is 0 Å². The molecule has 0 spiro atoms. The Hall–Kier alpha value is -6.98. The summed E-state index contributed by atoms with van der Waals surface area (Å²) >= 11 is 3.81. The van der Waals surface area contributed by atoms with Gasteiger partial charge in [-0.1, -0.05) is 126 Å². The molecule has 0 N–H and O–H groups in total. The SMILES string of the molecule is CC(C)(C)c1ccc(-c2cc3c4cc5c(cc4n4c6ccc7sc8ccccc8c7c6c(c2)c34)c2cc(-c3ccc(C(C)(C)C)cc3)cc3c4c6c(ccc4n5c23)sc2ccccc26)cc1. The van der Waals surface area contributed by atoms with Crippen molar-refractivity contribution >= 4 is 139 Å². The van der Waals surface area contributed by atoms with Gasteiger partial charge in [-0.05, 0) is 117 Å². The largest absolute Gasteiger partial charge is 0.308 e. The molecule has 2 nitrogen and oxygen atoms in total. The van der Waals surface area contributed by atoms with Gasteiger partial charge in [-0.25, -0.2) is 0 Å². The lowest BCUT2D eigenvalue weighted by atomic mass is 9.86. The molecule has 0 saturated heterocycles. The van der Waals surface area contributed by atoms with Crippen molar-refractivity contribution in [1.82, 2.24) is 8.80 Å². The van der Waals surface area contributed by atoms with E-state index in [-0.39, 0.29) is 10.8 Å². The van der Waals surface area contributed by atoms with E-state index in [1.807, 2.05) is 22.7 Å². The monoisotopic (exact) mass is 880 g/mol. The number of fused-ring (bicyclic) bond motifs is 20. The molecule has 0 aliphatic rings. The molecule has 0 aliphatic carbocycles. The Morgan fingerprint density at radius 2 is 0.697 bits per heavy atom. The summed E-state index contributed by atoms with van der Waals surface area (Å²) in [4.78, 5) is 0. The van der Waals surface area contributed by atoms with E-state index in [0.29, 0.717) is 0 Å². The van der Waals surface area contributed by atoms with Gasteiger partial charge in [0.1, 0.15) is 0 Å². The summed E-state index contributed by atoms with van der Waals surface area (Å²) < 4.78 is 10.6. The molecule has 9 aromatic carbocycles. The van der Waals surface area contributed by atoms with Gasteiger partial charge in [0.2, 0.25) is 0 Å². The Morgan fingerprint density at radius 3 is 1.11 bits per heavy atom. The van der Waals surface area contributed by atoms with Crippen LogP contribution in [0.5, 0.6) is 0 Å². The molecular formula is C62H44N2S2. The van der Waals surface area contributed by atoms with E-state index in [0.717, 1.165) is 0 Å². The van der Waals surface area contributed by atoms with Crippen molar-refractivity contribution < 1.29 is 0 Å². The highest BCUT2D eigenvalue weighted by atomic mass is 32.1. The number of thiophene rings is 2. The minimum absolute atomic E-state index is 0.0838. The number of nitrogens with zero attached hydrogens (tertiary/aromatic N) is 2. The van der Waals surface area contributed by atoms with Crippen LogP contribution in [0.2, 0.25) is 0 Å². The predicted molar refractivity (Wildman–Crippen MR) is 290 cm³/mol. The second-order valence-electron chi connectivity index (χ2n) is 20.9. The smallest absolute Gasteiger partial charge is 0.0621 e. The minimum atomic E-state index is 0.0838. The zero-order valence-electron chi connectivity index (χ0n) is 37.7. The van der Waals surface area contributed by atoms with Gasteiger partial charge in [0, 0.05) is 83.4 Å². The first kappa shape index (κ1) is 37.3. The normalized spacial score (nSPS) is 13.3. The summed E-state index contributed by atoms with van der Waals surface area (Å²) in [5.74, 6) is 0. The van der Waals surface area contributed by atoms with Gasteiger partial charge in [-0.3, -0.25) is 0 Å². The summed E-state index contributed by atoms with van der Waals surface area (Å²) in [6, 6.07) is 61.1. The number of hydrogen-bond acceptors (Lipinski definition) is 2. The molecule has 0 fully saturated rings. The van der Waals surface area contributed by atoms with Crippen molar-refractivity contribution in [2.24, 2.45) is 0 Å². The summed E-state index contributed by atoms with van der Waals surface area (Å²) in [6.45, 7) is 13.8. The zero-order valence-corrected chi connectivity index (χ0v) is 39.4. The maximum Gasteiger partial charge on any atom is 0.0621 e. The molecule has 15 rings (SSSR count). The Kier molecular flexibility index (Phi) is 7.04. The van der Waals surface area contributed by atoms with Crippen molar-refractivity contribution in [1.29, 1.82) is 0 Å². The van der Waals surface area contributed by atoms with Gasteiger partial charge < -0.3 is 8.80 Å². The molecule has 0 unspecified atom stereocenters. The quantitative estimate of drug-likeness (QED) is 0.164. The van der Waals surface area contributed by atoms with E-state index in [4.69, 9.17) is 0 Å². The zero-order chi connectivity index (χ0) is 44.1. The third-order valence-corrected chi connectivity index (χ3v) is 17.3. The molecule has 15 aromatic rings. The Labute approximate surface area is 389 Å². The third-order valence-electron chi connectivity index (χ3n) is 15.1. The molecule has 4 heteroatoms. The van der Waals surface area contributed by atoms with Gasteiger partial charge >= 0.3 is 0 Å². The maximum atomic E-state index is 2.60. The van der Waals surface area contributed by atoms with Gasteiger partial charge in [0.15, 0.2) is 0 Å². The third kappa shape index (κ3) is 4.80. The molecule has 0 radical (unpaired) electrons. The topological polar surface area (TPSA) is 8.82 Å². The molecule has 0 atom stereocenters. The van der Waals surface area contributed by atoms with Crippen LogP contribution in [0.4, 0.5) is 0 Å². The van der Waals surface area contributed by atoms with Gasteiger partial charge in [0.25, 0.3) is 0 Å². The van der Waals surface area contributed by atoms with Gasteiger partial charge in [-0.15, -0.1) is 22.7 Å². The van der Waals surface area contributed by atoms with Crippen LogP contribution in [0.1, 0.15) is 52.7 Å². The van der Waals surface area contributed by atoms with Gasteiger partial charge in [-0.2, -0.15) is 0 Å². The molecule has 0 saturated carbocycles. The fraction of sp³-hybridized carbons (Fsp3) is 0.129. The van der Waals surface area contributed by atoms with Crippen LogP contribution < -0.4 is 0 Å². The van der Waals surface area contributed by atoms with E-state index in [1.165, 1.54) is 150 Å². The fourth-order valence-corrected chi connectivity index (χ4v) is 14.1. The van der Waals surface area contributed by atoms with Crippen LogP contribution in [0, 0.1) is 0 Å². The summed E-state index contributed by atoms with van der Waals surface area (Å²) in [6.07, 6.45) is 0. The second-order valence-corrected chi connectivity index (χ2v) is 23.1. The lowest BCUT2D eigenvalue weighted by Crippen LogP contribution is -2.10. The van der Waals surface area contributed by atoms with Crippen molar-refractivity contribution in [3.05, 3.63) is 169 Å². The van der Waals surface area contributed by atoms with Crippen LogP contribution in [0.3, 0.4) is 0 Å². The molecule has 0 aliphatic heterocycles. The minimum Gasteiger partial charge on any atom is -0.308 e. The van der Waals surface area contributed by atoms with Crippen LogP contribution in [-0.2, 0) is 10.8 Å². The van der Waals surface area contributed by atoms with Crippen LogP contribution >= 0.6 is 22.7 Å². The molecule has 6 aromatic heterocycles. The number of hydrogen-bond donors (Lipinski definition) is 0. The van der Waals surface area contributed by atoms with Crippen LogP contribution in [0.25, 0.3) is 139 Å². The first-order chi connectivity index (χ1) is 32.0.